The monoisotopic (exact) mass is 214 g/mol. The van der Waals surface area contributed by atoms with Crippen molar-refractivity contribution in [3.05, 3.63) is 18.4 Å². The number of carboxylic acid groups (broad SMARTS) is 1. The van der Waals surface area contributed by atoms with Crippen molar-refractivity contribution in [2.45, 2.75) is 0 Å². The maximum absolute atomic E-state index is 9.78. The smallest absolute Gasteiger partial charge is 1.00 e. The van der Waals surface area contributed by atoms with Crippen LogP contribution in [0.15, 0.2) is 22.8 Å². The van der Waals surface area contributed by atoms with E-state index < -0.39 is 6.16 Å². The van der Waals surface area contributed by atoms with Gasteiger partial charge in [0.15, 0.2) is 0 Å². The van der Waals surface area contributed by atoms with E-state index in [1.807, 2.05) is 0 Å². The zero-order valence-electron chi connectivity index (χ0n) is 10.3. The Morgan fingerprint density at radius 2 is 2.25 bits per heavy atom. The van der Waals surface area contributed by atoms with E-state index in [2.05, 4.69) is 9.15 Å². The summed E-state index contributed by atoms with van der Waals surface area (Å²) in [6.45, 7) is 0. The summed E-state index contributed by atoms with van der Waals surface area (Å²) in [6.07, 6.45) is -0.0388. The fourth-order valence-corrected chi connectivity index (χ4v) is 0.408. The third-order valence-electron chi connectivity index (χ3n) is 0.683. The summed E-state index contributed by atoms with van der Waals surface area (Å²) in [4.78, 5) is 9.78. The summed E-state index contributed by atoms with van der Waals surface area (Å²) in [5, 5.41) is 8.00. The van der Waals surface area contributed by atoms with Crippen LogP contribution < -0.4 is 4.74 Å². The molecule has 0 atom stereocenters. The first-order valence-electron chi connectivity index (χ1n) is 2.23. The predicted octanol–water partition coefficient (Wildman–Crippen LogP) is 0.200. The average Bonchev–Trinajstić information content (AvgIpc) is 2.15. The second kappa shape index (κ2) is 9.62. The van der Waals surface area contributed by atoms with Gasteiger partial charge in [-0.1, -0.05) is 0 Å². The Labute approximate surface area is 120 Å². The van der Waals surface area contributed by atoms with Gasteiger partial charge in [-0.05, 0) is 6.07 Å². The predicted molar refractivity (Wildman–Crippen MR) is 46.9 cm³/mol. The van der Waals surface area contributed by atoms with Crippen molar-refractivity contribution in [1.82, 2.24) is 0 Å². The third kappa shape index (κ3) is 7.20. The van der Waals surface area contributed by atoms with Crippen LogP contribution in [0.25, 0.3) is 0 Å². The van der Waals surface area contributed by atoms with Crippen LogP contribution in [0.5, 0.6) is 5.95 Å². The average molecular weight is 215 g/mol. The molecule has 0 amide bonds. The Morgan fingerprint density at radius 1 is 1.67 bits per heavy atom. The van der Waals surface area contributed by atoms with Crippen molar-refractivity contribution < 1.29 is 30.2 Å². The van der Waals surface area contributed by atoms with Crippen LogP contribution in [0, 0.1) is 0 Å². The Kier molecular flexibility index (Phi) is 14.7. The molecule has 0 unspecified atom stereocenters. The summed E-state index contributed by atoms with van der Waals surface area (Å²) >= 11 is 0. The van der Waals surface area contributed by atoms with E-state index in [1.54, 1.807) is 0 Å². The quantitative estimate of drug-likeness (QED) is 0.534. The number of furan rings is 1. The topological polar surface area (TPSA) is 91.2 Å². The number of hydrogen-bond acceptors (Lipinski definition) is 3. The van der Waals surface area contributed by atoms with Crippen molar-refractivity contribution in [3.63, 3.8) is 0 Å². The van der Waals surface area contributed by atoms with E-state index in [-0.39, 0.29) is 77.9 Å². The summed E-state index contributed by atoms with van der Waals surface area (Å²) in [7, 11) is 0. The molecule has 0 aliphatic carbocycles. The van der Waals surface area contributed by atoms with Crippen LogP contribution >= 0.6 is 0 Å². The second-order valence-corrected chi connectivity index (χ2v) is 1.30. The van der Waals surface area contributed by atoms with Gasteiger partial charge in [-0.15, -0.1) is 0 Å². The van der Waals surface area contributed by atoms with Crippen molar-refractivity contribution >= 4 is 66.9 Å². The minimum Gasteiger partial charge on any atom is -1.00 e. The number of carbonyl (C=O) groups is 1. The zero-order chi connectivity index (χ0) is 6.69. The molecular formula is C5H10CaMgO5. The van der Waals surface area contributed by atoms with Gasteiger partial charge in [0.2, 0.25) is 0 Å². The fourth-order valence-electron chi connectivity index (χ4n) is 0.408. The largest absolute Gasteiger partial charge is 2.00 e. The van der Waals surface area contributed by atoms with Crippen molar-refractivity contribution in [2.75, 3.05) is 0 Å². The number of ether oxygens (including phenoxy) is 1. The van der Waals surface area contributed by atoms with E-state index in [9.17, 15) is 4.79 Å². The Balaban J connectivity index is -0.0000000231. The van der Waals surface area contributed by atoms with Crippen LogP contribution in [0.2, 0.25) is 0 Å². The number of hydrogen-bond donors (Lipinski definition) is 1. The summed E-state index contributed by atoms with van der Waals surface area (Å²) in [5.41, 5.74) is 0. The van der Waals surface area contributed by atoms with E-state index in [0.717, 1.165) is 0 Å². The first-order chi connectivity index (χ1) is 4.29. The molecule has 0 saturated heterocycles. The van der Waals surface area contributed by atoms with Gasteiger partial charge in [0.1, 0.15) is 0 Å². The zero-order valence-corrected chi connectivity index (χ0v) is 9.94. The molecular weight excluding hydrogens is 204 g/mol. The molecule has 1 rings (SSSR count). The molecule has 3 N–H and O–H groups in total. The van der Waals surface area contributed by atoms with Gasteiger partial charge in [-0.3, -0.25) is 0 Å². The molecule has 0 spiro atoms. The Morgan fingerprint density at radius 3 is 2.58 bits per heavy atom. The molecule has 0 radical (unpaired) electrons. The molecule has 12 heavy (non-hydrogen) atoms. The molecule has 0 aliphatic heterocycles. The van der Waals surface area contributed by atoms with E-state index in [0.29, 0.717) is 0 Å². The van der Waals surface area contributed by atoms with Crippen molar-refractivity contribution in [1.29, 1.82) is 0 Å². The molecule has 0 saturated carbocycles. The van der Waals surface area contributed by atoms with Crippen LogP contribution in [0.1, 0.15) is 5.71 Å². The molecule has 0 aromatic carbocycles. The molecule has 0 bridgehead atoms. The van der Waals surface area contributed by atoms with E-state index in [4.69, 9.17) is 5.11 Å². The van der Waals surface area contributed by atoms with Gasteiger partial charge in [0, 0.05) is 6.07 Å². The molecule has 1 aromatic heterocycles. The van der Waals surface area contributed by atoms with Gasteiger partial charge in [0.25, 0.3) is 5.95 Å². The SMILES string of the molecule is O.O=C(O)Oc1ccco1.[Ca+2].[H-].[H-].[H-].[H-].[Mg+2]. The van der Waals surface area contributed by atoms with Gasteiger partial charge in [0.05, 0.1) is 6.26 Å². The minimum absolute atomic E-state index is 0. The molecule has 7 heteroatoms. The van der Waals surface area contributed by atoms with Crippen LogP contribution in [0.4, 0.5) is 4.79 Å². The minimum atomic E-state index is -1.37. The molecule has 1 heterocycles. The van der Waals surface area contributed by atoms with Gasteiger partial charge in [-0.2, -0.15) is 0 Å². The van der Waals surface area contributed by atoms with Crippen molar-refractivity contribution in [2.24, 2.45) is 0 Å². The molecule has 1 aromatic rings. The Bertz CT molecular complexity index is 213. The number of rotatable bonds is 1. The first kappa shape index (κ1) is 18.3. The molecule has 64 valence electrons. The van der Waals surface area contributed by atoms with Gasteiger partial charge >= 0.3 is 66.9 Å². The van der Waals surface area contributed by atoms with Crippen LogP contribution in [-0.4, -0.2) is 77.5 Å². The first-order valence-corrected chi connectivity index (χ1v) is 2.23. The molecule has 0 aliphatic rings. The van der Waals surface area contributed by atoms with Crippen LogP contribution in [0.3, 0.4) is 0 Å². The van der Waals surface area contributed by atoms with Crippen molar-refractivity contribution in [3.8, 4) is 5.95 Å². The fraction of sp³-hybridized carbons (Fsp3) is 0. The normalized spacial score (nSPS) is 6.67. The maximum Gasteiger partial charge on any atom is 2.00 e. The second-order valence-electron chi connectivity index (χ2n) is 1.30. The van der Waals surface area contributed by atoms with Gasteiger partial charge in [-0.25, -0.2) is 4.79 Å². The molecule has 0 fully saturated rings. The molecule has 5 nitrogen and oxygen atoms in total. The summed E-state index contributed by atoms with van der Waals surface area (Å²) in [5.74, 6) is -0.0116. The van der Waals surface area contributed by atoms with E-state index in [1.165, 1.54) is 18.4 Å². The standard InChI is InChI=1S/C5H4O4.Ca.Mg.H2O.4H/c6-5(7)9-4-2-1-3-8-4;;;;;;;/h1-3H,(H,6,7);;;1H2;;;;/q;2*+2;;4*-1. The Hall–Kier alpha value is 0.536. The third-order valence-corrected chi connectivity index (χ3v) is 0.683. The summed E-state index contributed by atoms with van der Waals surface area (Å²) < 4.78 is 8.65. The van der Waals surface area contributed by atoms with Gasteiger partial charge < -0.3 is 25.4 Å². The summed E-state index contributed by atoms with van der Waals surface area (Å²) in [6, 6.07) is 2.95. The van der Waals surface area contributed by atoms with E-state index >= 15 is 0 Å². The van der Waals surface area contributed by atoms with Crippen LogP contribution in [-0.2, 0) is 0 Å². The maximum atomic E-state index is 9.78.